The molecule has 138 valence electrons. The predicted molar refractivity (Wildman–Crippen MR) is 102 cm³/mol. The number of nitrogens with zero attached hydrogens (tertiary/aromatic N) is 1. The maximum Gasteiger partial charge on any atom is 0.309 e. The highest BCUT2D eigenvalue weighted by molar-refractivity contribution is 6.35. The number of carbonyl (C=O) groups is 2. The third-order valence-corrected chi connectivity index (χ3v) is 4.43. The van der Waals surface area contributed by atoms with Crippen molar-refractivity contribution in [3.05, 3.63) is 29.3 Å². The first-order chi connectivity index (χ1) is 12.0. The number of hydrogen-bond acceptors (Lipinski definition) is 3. The zero-order valence-electron chi connectivity index (χ0n) is 15.7. The van der Waals surface area contributed by atoms with Gasteiger partial charge in [-0.3, -0.25) is 9.59 Å². The van der Waals surface area contributed by atoms with Crippen LogP contribution in [0.2, 0.25) is 0 Å². The minimum absolute atomic E-state index is 0.333. The van der Waals surface area contributed by atoms with Crippen molar-refractivity contribution in [3.63, 3.8) is 0 Å². The predicted octanol–water partition coefficient (Wildman–Crippen LogP) is 2.28. The van der Waals surface area contributed by atoms with Crippen molar-refractivity contribution in [1.82, 2.24) is 10.6 Å². The fourth-order valence-corrected chi connectivity index (χ4v) is 3.16. The van der Waals surface area contributed by atoms with E-state index in [1.807, 2.05) is 13.8 Å². The van der Waals surface area contributed by atoms with Crippen molar-refractivity contribution in [1.29, 1.82) is 0 Å². The summed E-state index contributed by atoms with van der Waals surface area (Å²) in [6.07, 6.45) is 4.22. The van der Waals surface area contributed by atoms with Gasteiger partial charge in [0.1, 0.15) is 0 Å². The van der Waals surface area contributed by atoms with Gasteiger partial charge >= 0.3 is 11.8 Å². The molecule has 5 nitrogen and oxygen atoms in total. The molecule has 0 atom stereocenters. The van der Waals surface area contributed by atoms with Crippen molar-refractivity contribution in [3.8, 4) is 0 Å². The second-order valence-electron chi connectivity index (χ2n) is 7.16. The van der Waals surface area contributed by atoms with E-state index in [1.165, 1.54) is 23.2 Å². The first kappa shape index (κ1) is 19.3. The van der Waals surface area contributed by atoms with Gasteiger partial charge in [-0.05, 0) is 48.8 Å². The average molecular weight is 345 g/mol. The number of benzene rings is 1. The SMILES string of the molecule is CCCN1CCCc2cc(CCNC(=O)C(=O)NCC(C)C)ccc21. The second-order valence-corrected chi connectivity index (χ2v) is 7.16. The smallest absolute Gasteiger partial charge is 0.309 e. The number of amides is 2. The van der Waals surface area contributed by atoms with E-state index in [-0.39, 0.29) is 0 Å². The van der Waals surface area contributed by atoms with Crippen molar-refractivity contribution in [2.45, 2.75) is 46.5 Å². The number of aryl methyl sites for hydroxylation is 1. The highest BCUT2D eigenvalue weighted by atomic mass is 16.2. The van der Waals surface area contributed by atoms with Crippen molar-refractivity contribution in [2.24, 2.45) is 5.92 Å². The third-order valence-electron chi connectivity index (χ3n) is 4.43. The summed E-state index contributed by atoms with van der Waals surface area (Å²) >= 11 is 0. The molecule has 0 fully saturated rings. The molecule has 0 unspecified atom stereocenters. The van der Waals surface area contributed by atoms with Crippen LogP contribution in [-0.2, 0) is 22.4 Å². The summed E-state index contributed by atoms with van der Waals surface area (Å²) in [5.74, 6) is -0.762. The van der Waals surface area contributed by atoms with Crippen molar-refractivity contribution >= 4 is 17.5 Å². The van der Waals surface area contributed by atoms with E-state index in [4.69, 9.17) is 0 Å². The number of carbonyl (C=O) groups excluding carboxylic acids is 2. The zero-order chi connectivity index (χ0) is 18.2. The fourth-order valence-electron chi connectivity index (χ4n) is 3.16. The summed E-state index contributed by atoms with van der Waals surface area (Å²) in [4.78, 5) is 25.9. The lowest BCUT2D eigenvalue weighted by Crippen LogP contribution is -2.41. The Balaban J connectivity index is 1.83. The van der Waals surface area contributed by atoms with Gasteiger partial charge in [0.15, 0.2) is 0 Å². The Kier molecular flexibility index (Phi) is 7.29. The lowest BCUT2D eigenvalue weighted by molar-refractivity contribution is -0.139. The number of hydrogen-bond donors (Lipinski definition) is 2. The van der Waals surface area contributed by atoms with Gasteiger partial charge < -0.3 is 15.5 Å². The Bertz CT molecular complexity index is 599. The molecule has 0 radical (unpaired) electrons. The summed E-state index contributed by atoms with van der Waals surface area (Å²) in [6.45, 7) is 9.45. The number of rotatable bonds is 7. The summed E-state index contributed by atoms with van der Waals surface area (Å²) < 4.78 is 0. The third kappa shape index (κ3) is 5.76. The van der Waals surface area contributed by atoms with E-state index < -0.39 is 11.8 Å². The highest BCUT2D eigenvalue weighted by Gasteiger charge is 2.16. The van der Waals surface area contributed by atoms with Crippen LogP contribution in [0.5, 0.6) is 0 Å². The first-order valence-corrected chi connectivity index (χ1v) is 9.44. The van der Waals surface area contributed by atoms with Crippen molar-refractivity contribution < 1.29 is 9.59 Å². The van der Waals surface area contributed by atoms with Crippen LogP contribution >= 0.6 is 0 Å². The van der Waals surface area contributed by atoms with Gasteiger partial charge in [0.25, 0.3) is 0 Å². The van der Waals surface area contributed by atoms with E-state index in [9.17, 15) is 9.59 Å². The number of anilines is 1. The molecule has 0 aromatic heterocycles. The Hall–Kier alpha value is -2.04. The number of nitrogens with one attached hydrogen (secondary N) is 2. The second kappa shape index (κ2) is 9.44. The van der Waals surface area contributed by atoms with Gasteiger partial charge in [-0.15, -0.1) is 0 Å². The van der Waals surface area contributed by atoms with Gasteiger partial charge in [-0.1, -0.05) is 32.9 Å². The van der Waals surface area contributed by atoms with Crippen LogP contribution in [0.25, 0.3) is 0 Å². The summed E-state index contributed by atoms with van der Waals surface area (Å²) in [7, 11) is 0. The minimum Gasteiger partial charge on any atom is -0.371 e. The summed E-state index contributed by atoms with van der Waals surface area (Å²) in [5.41, 5.74) is 3.96. The van der Waals surface area contributed by atoms with Gasteiger partial charge in [0.2, 0.25) is 0 Å². The molecule has 1 aromatic carbocycles. The van der Waals surface area contributed by atoms with E-state index in [1.54, 1.807) is 0 Å². The van der Waals surface area contributed by atoms with E-state index in [0.29, 0.717) is 19.0 Å². The topological polar surface area (TPSA) is 61.4 Å². The maximum atomic E-state index is 11.8. The quantitative estimate of drug-likeness (QED) is 0.745. The standard InChI is InChI=1S/C20H31N3O2/c1-4-11-23-12-5-6-17-13-16(7-8-18(17)23)9-10-21-19(24)20(25)22-14-15(2)3/h7-8,13,15H,4-6,9-12,14H2,1-3H3,(H,21,24)(H,22,25). The van der Waals surface area contributed by atoms with E-state index in [0.717, 1.165) is 32.4 Å². The van der Waals surface area contributed by atoms with Gasteiger partial charge in [0, 0.05) is 31.9 Å². The largest absolute Gasteiger partial charge is 0.371 e. The molecule has 0 saturated carbocycles. The van der Waals surface area contributed by atoms with Crippen LogP contribution < -0.4 is 15.5 Å². The Labute approximate surface area is 151 Å². The Morgan fingerprint density at radius 1 is 1.20 bits per heavy atom. The molecule has 2 rings (SSSR count). The van der Waals surface area contributed by atoms with Gasteiger partial charge in [-0.2, -0.15) is 0 Å². The Morgan fingerprint density at radius 2 is 1.96 bits per heavy atom. The first-order valence-electron chi connectivity index (χ1n) is 9.44. The lowest BCUT2D eigenvalue weighted by atomic mass is 9.98. The molecule has 1 aliphatic heterocycles. The average Bonchev–Trinajstić information content (AvgIpc) is 2.59. The van der Waals surface area contributed by atoms with Crippen LogP contribution in [0.1, 0.15) is 44.7 Å². The Morgan fingerprint density at radius 3 is 2.68 bits per heavy atom. The van der Waals surface area contributed by atoms with Crippen LogP contribution in [-0.4, -0.2) is 38.0 Å². The van der Waals surface area contributed by atoms with Crippen molar-refractivity contribution in [2.75, 3.05) is 31.1 Å². The van der Waals surface area contributed by atoms with Gasteiger partial charge in [0.05, 0.1) is 0 Å². The molecule has 2 amide bonds. The molecule has 0 spiro atoms. The van der Waals surface area contributed by atoms with Crippen LogP contribution in [0, 0.1) is 5.92 Å². The minimum atomic E-state index is -0.548. The van der Waals surface area contributed by atoms with Crippen LogP contribution in [0.15, 0.2) is 18.2 Å². The molecule has 5 heteroatoms. The van der Waals surface area contributed by atoms with Gasteiger partial charge in [-0.25, -0.2) is 0 Å². The van der Waals surface area contributed by atoms with Crippen LogP contribution in [0.4, 0.5) is 5.69 Å². The maximum absolute atomic E-state index is 11.8. The highest BCUT2D eigenvalue weighted by Crippen LogP contribution is 2.28. The molecule has 1 aromatic rings. The summed E-state index contributed by atoms with van der Waals surface area (Å²) in [6, 6.07) is 6.59. The molecule has 0 aliphatic carbocycles. The molecule has 0 saturated heterocycles. The molecule has 1 aliphatic rings. The molecule has 0 bridgehead atoms. The summed E-state index contributed by atoms with van der Waals surface area (Å²) in [5, 5.41) is 5.33. The van der Waals surface area contributed by atoms with Crippen LogP contribution in [0.3, 0.4) is 0 Å². The molecule has 1 heterocycles. The molecular weight excluding hydrogens is 314 g/mol. The lowest BCUT2D eigenvalue weighted by Gasteiger charge is -2.31. The fraction of sp³-hybridized carbons (Fsp3) is 0.600. The van der Waals surface area contributed by atoms with E-state index >= 15 is 0 Å². The molecular formula is C20H31N3O2. The normalized spacial score (nSPS) is 13.5. The zero-order valence-corrected chi connectivity index (χ0v) is 15.7. The number of fused-ring (bicyclic) bond motifs is 1. The molecule has 25 heavy (non-hydrogen) atoms. The van der Waals surface area contributed by atoms with E-state index in [2.05, 4.69) is 40.7 Å². The monoisotopic (exact) mass is 345 g/mol. The molecule has 2 N–H and O–H groups in total.